The Morgan fingerprint density at radius 3 is 2.26 bits per heavy atom. The number of nitrogens with one attached hydrogen (secondary N) is 3. The van der Waals surface area contributed by atoms with Gasteiger partial charge in [-0.3, -0.25) is 0 Å². The van der Waals surface area contributed by atoms with E-state index in [2.05, 4.69) is 56.1 Å². The van der Waals surface area contributed by atoms with E-state index >= 15 is 0 Å². The van der Waals surface area contributed by atoms with Gasteiger partial charge in [0.1, 0.15) is 5.75 Å². The molecule has 0 fully saturated rings. The highest BCUT2D eigenvalue weighted by Crippen LogP contribution is 2.22. The molecule has 0 bridgehead atoms. The fourth-order valence-corrected chi connectivity index (χ4v) is 3.31. The molecule has 158 valence electrons. The van der Waals surface area contributed by atoms with Crippen molar-refractivity contribution in [1.29, 1.82) is 0 Å². The van der Waals surface area contributed by atoms with Crippen molar-refractivity contribution in [3.8, 4) is 5.75 Å². The van der Waals surface area contributed by atoms with Gasteiger partial charge in [-0.25, -0.2) is 0 Å². The zero-order valence-electron chi connectivity index (χ0n) is 17.9. The van der Waals surface area contributed by atoms with E-state index in [1.165, 1.54) is 5.57 Å². The average molecular weight is 415 g/mol. The zero-order valence-corrected chi connectivity index (χ0v) is 17.9. The van der Waals surface area contributed by atoms with Crippen molar-refractivity contribution in [1.82, 2.24) is 15.0 Å². The summed E-state index contributed by atoms with van der Waals surface area (Å²) in [7, 11) is 1.65. The third-order valence-electron chi connectivity index (χ3n) is 4.84. The molecule has 0 radical (unpaired) electrons. The van der Waals surface area contributed by atoms with Crippen LogP contribution < -0.4 is 20.7 Å². The summed E-state index contributed by atoms with van der Waals surface area (Å²) in [5.41, 5.74) is 4.24. The Labute approximate surface area is 182 Å². The summed E-state index contributed by atoms with van der Waals surface area (Å²) in [6, 6.07) is 15.8. The van der Waals surface area contributed by atoms with Crippen molar-refractivity contribution in [2.24, 2.45) is 0 Å². The number of allylic oxidation sites excluding steroid dienone is 2. The Balaban J connectivity index is 1.60. The maximum Gasteiger partial charge on any atom is 0.233 e. The monoisotopic (exact) mass is 414 g/mol. The zero-order chi connectivity index (χ0) is 21.6. The lowest BCUT2D eigenvalue weighted by Crippen LogP contribution is -2.21. The summed E-state index contributed by atoms with van der Waals surface area (Å²) in [6.45, 7) is 4.17. The van der Waals surface area contributed by atoms with Crippen LogP contribution in [0.1, 0.15) is 18.9 Å². The van der Waals surface area contributed by atoms with Crippen LogP contribution in [0.5, 0.6) is 5.75 Å². The summed E-state index contributed by atoms with van der Waals surface area (Å²) in [5.74, 6) is 2.21. The second-order valence-electron chi connectivity index (χ2n) is 7.51. The second-order valence-corrected chi connectivity index (χ2v) is 7.51. The molecule has 0 amide bonds. The molecular weight excluding hydrogens is 388 g/mol. The van der Waals surface area contributed by atoms with E-state index in [0.29, 0.717) is 17.8 Å². The first-order valence-corrected chi connectivity index (χ1v) is 10.2. The SMILES string of the molecule is COc1ccc(Nc2nc(Nc3cccc(C)c3)nc(NC3C=CC=C(C)C3)n2)cc1. The smallest absolute Gasteiger partial charge is 0.233 e. The fourth-order valence-electron chi connectivity index (χ4n) is 3.31. The van der Waals surface area contributed by atoms with E-state index in [1.807, 2.05) is 55.5 Å². The minimum atomic E-state index is 0.132. The van der Waals surface area contributed by atoms with Crippen LogP contribution in [-0.4, -0.2) is 28.1 Å². The molecule has 2 aromatic carbocycles. The predicted octanol–water partition coefficient (Wildman–Crippen LogP) is 5.36. The molecular formula is C24H26N6O. The van der Waals surface area contributed by atoms with Crippen LogP contribution in [0.25, 0.3) is 0 Å². The number of benzene rings is 2. The average Bonchev–Trinajstić information content (AvgIpc) is 2.74. The molecule has 1 unspecified atom stereocenters. The molecule has 7 nitrogen and oxygen atoms in total. The highest BCUT2D eigenvalue weighted by atomic mass is 16.5. The molecule has 3 aromatic rings. The first kappa shape index (κ1) is 20.4. The van der Waals surface area contributed by atoms with Crippen molar-refractivity contribution in [2.75, 3.05) is 23.1 Å². The number of anilines is 5. The Hall–Kier alpha value is -3.87. The van der Waals surface area contributed by atoms with Crippen LogP contribution in [0.4, 0.5) is 29.2 Å². The van der Waals surface area contributed by atoms with Crippen LogP contribution in [0.3, 0.4) is 0 Å². The summed E-state index contributed by atoms with van der Waals surface area (Å²) >= 11 is 0. The summed E-state index contributed by atoms with van der Waals surface area (Å²) in [5, 5.41) is 9.94. The number of hydrogen-bond acceptors (Lipinski definition) is 7. The van der Waals surface area contributed by atoms with Crippen LogP contribution in [0, 0.1) is 6.92 Å². The van der Waals surface area contributed by atoms with E-state index in [9.17, 15) is 0 Å². The molecule has 7 heteroatoms. The first-order valence-electron chi connectivity index (χ1n) is 10.2. The topological polar surface area (TPSA) is 84.0 Å². The van der Waals surface area contributed by atoms with Crippen LogP contribution >= 0.6 is 0 Å². The molecule has 0 saturated heterocycles. The molecule has 0 spiro atoms. The van der Waals surface area contributed by atoms with Crippen molar-refractivity contribution in [2.45, 2.75) is 26.3 Å². The number of aromatic nitrogens is 3. The number of nitrogens with zero attached hydrogens (tertiary/aromatic N) is 3. The van der Waals surface area contributed by atoms with Gasteiger partial charge in [0.2, 0.25) is 17.8 Å². The quantitative estimate of drug-likeness (QED) is 0.480. The molecule has 1 aliphatic carbocycles. The molecule has 1 aliphatic rings. The minimum absolute atomic E-state index is 0.132. The van der Waals surface area contributed by atoms with Gasteiger partial charge in [-0.05, 0) is 62.2 Å². The molecule has 1 heterocycles. The molecule has 3 N–H and O–H groups in total. The van der Waals surface area contributed by atoms with E-state index < -0.39 is 0 Å². The standard InChI is InChI=1S/C24H26N6O/c1-16-6-4-8-19(14-16)26-23-28-22(25-18-10-12-21(31-3)13-11-18)29-24(30-23)27-20-9-5-7-17(2)15-20/h4-14,20H,15H2,1-3H3,(H3,25,26,27,28,29,30). The number of methoxy groups -OCH3 is 1. The molecule has 4 rings (SSSR count). The fraction of sp³-hybridized carbons (Fsp3) is 0.208. The molecule has 0 saturated carbocycles. The first-order chi connectivity index (χ1) is 15.1. The lowest BCUT2D eigenvalue weighted by atomic mass is 10.0. The van der Waals surface area contributed by atoms with Gasteiger partial charge in [0.05, 0.1) is 13.2 Å². The van der Waals surface area contributed by atoms with Gasteiger partial charge in [0.25, 0.3) is 0 Å². The van der Waals surface area contributed by atoms with Crippen molar-refractivity contribution in [3.05, 3.63) is 77.9 Å². The Kier molecular flexibility index (Phi) is 6.12. The van der Waals surface area contributed by atoms with Gasteiger partial charge in [-0.2, -0.15) is 15.0 Å². The van der Waals surface area contributed by atoms with E-state index in [0.717, 1.165) is 29.1 Å². The Bertz CT molecular complexity index is 1110. The lowest BCUT2D eigenvalue weighted by Gasteiger charge is -2.19. The Morgan fingerprint density at radius 2 is 1.58 bits per heavy atom. The van der Waals surface area contributed by atoms with Crippen molar-refractivity contribution >= 4 is 29.2 Å². The lowest BCUT2D eigenvalue weighted by molar-refractivity contribution is 0.415. The number of rotatable bonds is 7. The van der Waals surface area contributed by atoms with Crippen molar-refractivity contribution in [3.63, 3.8) is 0 Å². The summed E-state index contributed by atoms with van der Waals surface area (Å²) in [6.07, 6.45) is 7.19. The minimum Gasteiger partial charge on any atom is -0.497 e. The normalized spacial score (nSPS) is 15.2. The third-order valence-corrected chi connectivity index (χ3v) is 4.84. The predicted molar refractivity (Wildman–Crippen MR) is 125 cm³/mol. The van der Waals surface area contributed by atoms with Gasteiger partial charge in [-0.1, -0.05) is 35.9 Å². The number of aryl methyl sites for hydroxylation is 1. The van der Waals surface area contributed by atoms with Gasteiger partial charge in [-0.15, -0.1) is 0 Å². The number of ether oxygens (including phenoxy) is 1. The van der Waals surface area contributed by atoms with Gasteiger partial charge in [0.15, 0.2) is 0 Å². The second kappa shape index (κ2) is 9.30. The van der Waals surface area contributed by atoms with E-state index in [-0.39, 0.29) is 6.04 Å². The van der Waals surface area contributed by atoms with Crippen molar-refractivity contribution < 1.29 is 4.74 Å². The van der Waals surface area contributed by atoms with Crippen LogP contribution in [-0.2, 0) is 0 Å². The van der Waals surface area contributed by atoms with Gasteiger partial charge < -0.3 is 20.7 Å². The van der Waals surface area contributed by atoms with Gasteiger partial charge >= 0.3 is 0 Å². The van der Waals surface area contributed by atoms with E-state index in [4.69, 9.17) is 4.74 Å². The highest BCUT2D eigenvalue weighted by Gasteiger charge is 2.13. The largest absolute Gasteiger partial charge is 0.497 e. The maximum absolute atomic E-state index is 5.23. The third kappa shape index (κ3) is 5.60. The Morgan fingerprint density at radius 1 is 0.871 bits per heavy atom. The van der Waals surface area contributed by atoms with Gasteiger partial charge in [0, 0.05) is 11.4 Å². The number of hydrogen-bond donors (Lipinski definition) is 3. The summed E-state index contributed by atoms with van der Waals surface area (Å²) < 4.78 is 5.23. The highest BCUT2D eigenvalue weighted by molar-refractivity contribution is 5.60. The van der Waals surface area contributed by atoms with Crippen LogP contribution in [0.2, 0.25) is 0 Å². The molecule has 0 aliphatic heterocycles. The van der Waals surface area contributed by atoms with Crippen LogP contribution in [0.15, 0.2) is 72.3 Å². The summed E-state index contributed by atoms with van der Waals surface area (Å²) in [4.78, 5) is 13.7. The molecule has 1 atom stereocenters. The van der Waals surface area contributed by atoms with E-state index in [1.54, 1.807) is 7.11 Å². The maximum atomic E-state index is 5.23. The molecule has 1 aromatic heterocycles. The molecule has 31 heavy (non-hydrogen) atoms.